The quantitative estimate of drug-likeness (QED) is 0.332. The fourth-order valence-electron chi connectivity index (χ4n) is 5.37. The zero-order chi connectivity index (χ0) is 30.1. The van der Waals surface area contributed by atoms with Gasteiger partial charge in [-0.15, -0.1) is 0 Å². The molecule has 9 nitrogen and oxygen atoms in total. The molecule has 4 rings (SSSR count). The van der Waals surface area contributed by atoms with E-state index in [1.54, 1.807) is 18.2 Å². The summed E-state index contributed by atoms with van der Waals surface area (Å²) in [5.41, 5.74) is 1.73. The predicted octanol–water partition coefficient (Wildman–Crippen LogP) is 5.41. The number of hydrogen-bond donors (Lipinski definition) is 3. The van der Waals surface area contributed by atoms with Gasteiger partial charge in [-0.2, -0.15) is 5.26 Å². The van der Waals surface area contributed by atoms with Crippen molar-refractivity contribution < 1.29 is 19.1 Å². The van der Waals surface area contributed by atoms with Gasteiger partial charge < -0.3 is 30.3 Å². The van der Waals surface area contributed by atoms with Gasteiger partial charge in [-0.1, -0.05) is 11.6 Å². The van der Waals surface area contributed by atoms with Crippen molar-refractivity contribution in [1.29, 1.82) is 5.26 Å². The van der Waals surface area contributed by atoms with Gasteiger partial charge in [0, 0.05) is 55.6 Å². The number of anilines is 1. The summed E-state index contributed by atoms with van der Waals surface area (Å²) in [6.07, 6.45) is 5.07. The van der Waals surface area contributed by atoms with Crippen LogP contribution in [-0.4, -0.2) is 62.0 Å². The molecule has 1 saturated carbocycles. The number of halogens is 1. The van der Waals surface area contributed by atoms with Crippen LogP contribution in [0.5, 0.6) is 5.75 Å². The Hall–Kier alpha value is -3.48. The SMILES string of the molecule is CC(C)(C)OC(=O)NCCNC1CCN(c2ccc(C(=O)N[C@H]3CC[C@H](Oc4ccc(C#N)c(Cl)c4)CC3)cc2)CC1. The van der Waals surface area contributed by atoms with Crippen LogP contribution in [-0.2, 0) is 4.74 Å². The van der Waals surface area contributed by atoms with E-state index in [0.717, 1.165) is 57.3 Å². The van der Waals surface area contributed by atoms with E-state index in [0.29, 0.717) is 41.0 Å². The standard InChI is InChI=1S/C32H42ClN5O4/c1-32(2,3)42-31(40)36-17-16-35-24-14-18-38(19-15-24)26-9-4-22(5-10-26)30(39)37-25-7-12-27(13-8-25)41-28-11-6-23(21-34)29(33)20-28/h4-6,9-11,20,24-25,27,35H,7-8,12-19H2,1-3H3,(H,36,40)(H,37,39)/t25-,27-. The fraction of sp³-hybridized carbons (Fsp3) is 0.531. The Bertz CT molecular complexity index is 1240. The Kier molecular flexibility index (Phi) is 10.9. The molecule has 0 spiro atoms. The topological polar surface area (TPSA) is 116 Å². The normalized spacial score (nSPS) is 19.5. The molecular weight excluding hydrogens is 554 g/mol. The molecule has 0 aromatic heterocycles. The number of carbonyl (C=O) groups is 2. The number of carbonyl (C=O) groups excluding carboxylic acids is 2. The van der Waals surface area contributed by atoms with Crippen LogP contribution in [0, 0.1) is 11.3 Å². The molecule has 10 heteroatoms. The number of alkyl carbamates (subject to hydrolysis) is 1. The number of nitrogens with one attached hydrogen (secondary N) is 3. The largest absolute Gasteiger partial charge is 0.490 e. The molecule has 2 amide bonds. The zero-order valence-electron chi connectivity index (χ0n) is 24.7. The van der Waals surface area contributed by atoms with Gasteiger partial charge in [0.2, 0.25) is 0 Å². The first-order chi connectivity index (χ1) is 20.1. The monoisotopic (exact) mass is 595 g/mol. The average Bonchev–Trinajstić information content (AvgIpc) is 2.96. The highest BCUT2D eigenvalue weighted by Gasteiger charge is 2.25. The summed E-state index contributed by atoms with van der Waals surface area (Å²) in [5.74, 6) is 0.618. The van der Waals surface area contributed by atoms with E-state index in [4.69, 9.17) is 26.3 Å². The molecule has 2 fully saturated rings. The van der Waals surface area contributed by atoms with Crippen molar-refractivity contribution in [2.75, 3.05) is 31.1 Å². The molecule has 0 bridgehead atoms. The summed E-state index contributed by atoms with van der Waals surface area (Å²) in [7, 11) is 0. The molecule has 0 unspecified atom stereocenters. The van der Waals surface area contributed by atoms with Crippen molar-refractivity contribution in [1.82, 2.24) is 16.0 Å². The van der Waals surface area contributed by atoms with Crippen molar-refractivity contribution in [2.24, 2.45) is 0 Å². The van der Waals surface area contributed by atoms with E-state index in [2.05, 4.69) is 26.9 Å². The number of amides is 2. The minimum absolute atomic E-state index is 0.0484. The zero-order valence-corrected chi connectivity index (χ0v) is 25.5. The van der Waals surface area contributed by atoms with Gasteiger partial charge in [0.1, 0.15) is 17.4 Å². The number of hydrogen-bond acceptors (Lipinski definition) is 7. The minimum atomic E-state index is -0.493. The van der Waals surface area contributed by atoms with Crippen LogP contribution in [0.15, 0.2) is 42.5 Å². The van der Waals surface area contributed by atoms with Gasteiger partial charge in [-0.05, 0) is 95.7 Å². The molecule has 1 aliphatic carbocycles. The van der Waals surface area contributed by atoms with Crippen molar-refractivity contribution >= 4 is 29.3 Å². The Labute approximate surface area is 253 Å². The highest BCUT2D eigenvalue weighted by molar-refractivity contribution is 6.31. The maximum absolute atomic E-state index is 12.9. The highest BCUT2D eigenvalue weighted by Crippen LogP contribution is 2.28. The summed E-state index contributed by atoms with van der Waals surface area (Å²) < 4.78 is 11.3. The third kappa shape index (κ3) is 9.53. The smallest absolute Gasteiger partial charge is 0.407 e. The molecular formula is C32H42ClN5O4. The lowest BCUT2D eigenvalue weighted by Gasteiger charge is -2.34. The lowest BCUT2D eigenvalue weighted by atomic mass is 9.92. The molecule has 1 saturated heterocycles. The van der Waals surface area contributed by atoms with Gasteiger partial charge >= 0.3 is 6.09 Å². The van der Waals surface area contributed by atoms with Crippen molar-refractivity contribution in [3.8, 4) is 11.8 Å². The summed E-state index contributed by atoms with van der Waals surface area (Å²) in [4.78, 5) is 27.0. The van der Waals surface area contributed by atoms with E-state index in [1.807, 2.05) is 45.0 Å². The Morgan fingerprint density at radius 1 is 0.976 bits per heavy atom. The lowest BCUT2D eigenvalue weighted by Crippen LogP contribution is -2.45. The highest BCUT2D eigenvalue weighted by atomic mass is 35.5. The molecule has 42 heavy (non-hydrogen) atoms. The van der Waals surface area contributed by atoms with E-state index in [9.17, 15) is 9.59 Å². The molecule has 226 valence electrons. The molecule has 1 aliphatic heterocycles. The Balaban J connectivity index is 1.13. The average molecular weight is 596 g/mol. The first-order valence-corrected chi connectivity index (χ1v) is 15.2. The number of rotatable bonds is 9. The third-order valence-electron chi connectivity index (χ3n) is 7.59. The second-order valence-electron chi connectivity index (χ2n) is 12.0. The molecule has 0 radical (unpaired) electrons. The van der Waals surface area contributed by atoms with Crippen LogP contribution >= 0.6 is 11.6 Å². The third-order valence-corrected chi connectivity index (χ3v) is 7.90. The van der Waals surface area contributed by atoms with Crippen LogP contribution in [0.1, 0.15) is 75.2 Å². The summed E-state index contributed by atoms with van der Waals surface area (Å²) in [6.45, 7) is 8.65. The van der Waals surface area contributed by atoms with Gasteiger partial charge in [0.05, 0.1) is 16.7 Å². The molecule has 1 heterocycles. The van der Waals surface area contributed by atoms with Gasteiger partial charge in [0.25, 0.3) is 5.91 Å². The number of piperidine rings is 1. The summed E-state index contributed by atoms with van der Waals surface area (Å²) >= 11 is 6.12. The van der Waals surface area contributed by atoms with Crippen LogP contribution in [0.4, 0.5) is 10.5 Å². The van der Waals surface area contributed by atoms with Crippen molar-refractivity contribution in [3.63, 3.8) is 0 Å². The van der Waals surface area contributed by atoms with Crippen LogP contribution in [0.25, 0.3) is 0 Å². The molecule has 2 aliphatic rings. The van der Waals surface area contributed by atoms with Crippen LogP contribution < -0.4 is 25.6 Å². The Morgan fingerprint density at radius 2 is 1.67 bits per heavy atom. The second kappa shape index (κ2) is 14.6. The van der Waals surface area contributed by atoms with E-state index in [-0.39, 0.29) is 24.1 Å². The summed E-state index contributed by atoms with van der Waals surface area (Å²) in [6, 6.07) is 15.6. The number of benzene rings is 2. The maximum Gasteiger partial charge on any atom is 0.407 e. The number of nitriles is 1. The van der Waals surface area contributed by atoms with Crippen LogP contribution in [0.3, 0.4) is 0 Å². The van der Waals surface area contributed by atoms with Crippen LogP contribution in [0.2, 0.25) is 5.02 Å². The molecule has 2 aromatic rings. The number of nitrogens with zero attached hydrogens (tertiary/aromatic N) is 2. The van der Waals surface area contributed by atoms with Gasteiger partial charge in [-0.3, -0.25) is 4.79 Å². The predicted molar refractivity (Wildman–Crippen MR) is 164 cm³/mol. The molecule has 3 N–H and O–H groups in total. The van der Waals surface area contributed by atoms with Gasteiger partial charge in [-0.25, -0.2) is 4.79 Å². The minimum Gasteiger partial charge on any atom is -0.490 e. The first kappa shape index (κ1) is 31.5. The van der Waals surface area contributed by atoms with E-state index in [1.165, 1.54) is 0 Å². The molecule has 2 aromatic carbocycles. The van der Waals surface area contributed by atoms with Crippen molar-refractivity contribution in [3.05, 3.63) is 58.6 Å². The summed E-state index contributed by atoms with van der Waals surface area (Å²) in [5, 5.41) is 18.9. The van der Waals surface area contributed by atoms with E-state index < -0.39 is 5.60 Å². The van der Waals surface area contributed by atoms with E-state index >= 15 is 0 Å². The number of ether oxygens (including phenoxy) is 2. The lowest BCUT2D eigenvalue weighted by molar-refractivity contribution is 0.0527. The van der Waals surface area contributed by atoms with Crippen molar-refractivity contribution in [2.45, 2.75) is 83.1 Å². The molecule has 0 atom stereocenters. The van der Waals surface area contributed by atoms with Gasteiger partial charge in [0.15, 0.2) is 0 Å². The first-order valence-electron chi connectivity index (χ1n) is 14.8. The maximum atomic E-state index is 12.9. The Morgan fingerprint density at radius 3 is 2.29 bits per heavy atom. The second-order valence-corrected chi connectivity index (χ2v) is 12.4. The fourth-order valence-corrected chi connectivity index (χ4v) is 5.58.